The summed E-state index contributed by atoms with van der Waals surface area (Å²) in [5.41, 5.74) is 3.47. The summed E-state index contributed by atoms with van der Waals surface area (Å²) in [5.74, 6) is 0.230. The second-order valence-corrected chi connectivity index (χ2v) is 6.39. The van der Waals surface area contributed by atoms with E-state index in [1.54, 1.807) is 18.3 Å². The van der Waals surface area contributed by atoms with Crippen molar-refractivity contribution in [3.05, 3.63) is 52.5 Å². The standard InChI is InChI=1S/C19H21ClN2O/c1-14-11-16(20)12-15(19(14)23)13-21-17-7-3-4-8-18(17)22-9-5-2-6-10-22/h3-4,7-8,11-13,23H,2,5-6,9-10H2,1H3. The third kappa shape index (κ3) is 3.67. The first-order valence-electron chi connectivity index (χ1n) is 8.02. The SMILES string of the molecule is Cc1cc(Cl)cc(C=Nc2ccccc2N2CCCCC2)c1O. The van der Waals surface area contributed by atoms with E-state index in [4.69, 9.17) is 11.6 Å². The Balaban J connectivity index is 1.91. The van der Waals surface area contributed by atoms with Crippen molar-refractivity contribution < 1.29 is 5.11 Å². The van der Waals surface area contributed by atoms with Crippen LogP contribution in [0.15, 0.2) is 41.4 Å². The fourth-order valence-electron chi connectivity index (χ4n) is 2.97. The number of phenols is 1. The topological polar surface area (TPSA) is 35.8 Å². The molecule has 0 saturated carbocycles. The number of para-hydroxylation sites is 2. The molecule has 1 heterocycles. The van der Waals surface area contributed by atoms with Crippen LogP contribution in [0, 0.1) is 6.92 Å². The fourth-order valence-corrected chi connectivity index (χ4v) is 3.26. The fraction of sp³-hybridized carbons (Fsp3) is 0.316. The van der Waals surface area contributed by atoms with Gasteiger partial charge in [-0.2, -0.15) is 0 Å². The van der Waals surface area contributed by atoms with Gasteiger partial charge < -0.3 is 10.0 Å². The summed E-state index contributed by atoms with van der Waals surface area (Å²) in [6.07, 6.45) is 5.45. The molecule has 2 aromatic rings. The van der Waals surface area contributed by atoms with E-state index in [1.807, 2.05) is 25.1 Å². The van der Waals surface area contributed by atoms with Crippen LogP contribution in [0.2, 0.25) is 5.02 Å². The van der Waals surface area contributed by atoms with Crippen LogP contribution in [-0.4, -0.2) is 24.4 Å². The number of piperidine rings is 1. The quantitative estimate of drug-likeness (QED) is 0.796. The first kappa shape index (κ1) is 15.9. The second kappa shape index (κ2) is 7.05. The van der Waals surface area contributed by atoms with Crippen molar-refractivity contribution >= 4 is 29.2 Å². The molecule has 1 saturated heterocycles. The molecule has 23 heavy (non-hydrogen) atoms. The summed E-state index contributed by atoms with van der Waals surface area (Å²) < 4.78 is 0. The summed E-state index contributed by atoms with van der Waals surface area (Å²) in [6, 6.07) is 11.6. The molecular formula is C19H21ClN2O. The molecule has 0 spiro atoms. The van der Waals surface area contributed by atoms with Crippen molar-refractivity contribution in [1.29, 1.82) is 0 Å². The highest BCUT2D eigenvalue weighted by molar-refractivity contribution is 6.31. The third-order valence-electron chi connectivity index (χ3n) is 4.22. The zero-order valence-electron chi connectivity index (χ0n) is 13.3. The van der Waals surface area contributed by atoms with E-state index in [-0.39, 0.29) is 5.75 Å². The lowest BCUT2D eigenvalue weighted by Gasteiger charge is -2.29. The zero-order chi connectivity index (χ0) is 16.2. The van der Waals surface area contributed by atoms with Crippen LogP contribution in [0.25, 0.3) is 0 Å². The van der Waals surface area contributed by atoms with Gasteiger partial charge >= 0.3 is 0 Å². The van der Waals surface area contributed by atoms with E-state index >= 15 is 0 Å². The van der Waals surface area contributed by atoms with Crippen LogP contribution in [0.3, 0.4) is 0 Å². The summed E-state index contributed by atoms with van der Waals surface area (Å²) in [5, 5.41) is 10.8. The molecule has 120 valence electrons. The maximum Gasteiger partial charge on any atom is 0.127 e. The average molecular weight is 329 g/mol. The maximum atomic E-state index is 10.2. The van der Waals surface area contributed by atoms with Crippen LogP contribution in [0.5, 0.6) is 5.75 Å². The van der Waals surface area contributed by atoms with Gasteiger partial charge in [0.05, 0.1) is 11.4 Å². The van der Waals surface area contributed by atoms with Crippen molar-refractivity contribution in [3.63, 3.8) is 0 Å². The molecular weight excluding hydrogens is 308 g/mol. The van der Waals surface area contributed by atoms with Crippen LogP contribution in [0.4, 0.5) is 11.4 Å². The number of aromatic hydroxyl groups is 1. The summed E-state index contributed by atoms with van der Waals surface area (Å²) in [7, 11) is 0. The van der Waals surface area contributed by atoms with Crippen molar-refractivity contribution in [2.45, 2.75) is 26.2 Å². The lowest BCUT2D eigenvalue weighted by Crippen LogP contribution is -2.29. The Labute approximate surface area is 142 Å². The number of anilines is 1. The van der Waals surface area contributed by atoms with E-state index in [0.29, 0.717) is 10.6 Å². The predicted octanol–water partition coefficient (Wildman–Crippen LogP) is 5.09. The summed E-state index contributed by atoms with van der Waals surface area (Å²) in [6.45, 7) is 3.99. The lowest BCUT2D eigenvalue weighted by atomic mass is 10.1. The minimum absolute atomic E-state index is 0.230. The molecule has 0 atom stereocenters. The molecule has 0 aliphatic carbocycles. The maximum absolute atomic E-state index is 10.2. The minimum Gasteiger partial charge on any atom is -0.507 e. The van der Waals surface area contributed by atoms with Gasteiger partial charge in [0.15, 0.2) is 0 Å². The van der Waals surface area contributed by atoms with E-state index in [0.717, 1.165) is 30.0 Å². The van der Waals surface area contributed by atoms with E-state index < -0.39 is 0 Å². The van der Waals surface area contributed by atoms with E-state index in [1.165, 1.54) is 19.3 Å². The smallest absolute Gasteiger partial charge is 0.127 e. The van der Waals surface area contributed by atoms with Crippen LogP contribution in [-0.2, 0) is 0 Å². The van der Waals surface area contributed by atoms with Gasteiger partial charge in [-0.05, 0) is 56.0 Å². The largest absolute Gasteiger partial charge is 0.507 e. The zero-order valence-corrected chi connectivity index (χ0v) is 14.1. The Morgan fingerprint density at radius 2 is 1.87 bits per heavy atom. The Hall–Kier alpha value is -2.00. The highest BCUT2D eigenvalue weighted by Gasteiger charge is 2.13. The Morgan fingerprint density at radius 1 is 1.13 bits per heavy atom. The Morgan fingerprint density at radius 3 is 2.65 bits per heavy atom. The highest BCUT2D eigenvalue weighted by Crippen LogP contribution is 2.31. The summed E-state index contributed by atoms with van der Waals surface area (Å²) in [4.78, 5) is 7.00. The number of rotatable bonds is 3. The molecule has 1 N–H and O–H groups in total. The molecule has 0 aromatic heterocycles. The van der Waals surface area contributed by atoms with Crippen molar-refractivity contribution in [1.82, 2.24) is 0 Å². The predicted molar refractivity (Wildman–Crippen MR) is 97.6 cm³/mol. The van der Waals surface area contributed by atoms with Crippen molar-refractivity contribution in [2.24, 2.45) is 4.99 Å². The minimum atomic E-state index is 0.230. The van der Waals surface area contributed by atoms with E-state index in [9.17, 15) is 5.11 Å². The number of phenolic OH excluding ortho intramolecular Hbond substituents is 1. The van der Waals surface area contributed by atoms with Crippen LogP contribution in [0.1, 0.15) is 30.4 Å². The molecule has 3 nitrogen and oxygen atoms in total. The van der Waals surface area contributed by atoms with Crippen molar-refractivity contribution in [2.75, 3.05) is 18.0 Å². The van der Waals surface area contributed by atoms with Gasteiger partial charge in [0.25, 0.3) is 0 Å². The van der Waals surface area contributed by atoms with Crippen LogP contribution >= 0.6 is 11.6 Å². The second-order valence-electron chi connectivity index (χ2n) is 5.96. The number of benzene rings is 2. The van der Waals surface area contributed by atoms with Gasteiger partial charge in [0, 0.05) is 29.9 Å². The molecule has 0 radical (unpaired) electrons. The number of aliphatic imine (C=N–C) groups is 1. The van der Waals surface area contributed by atoms with E-state index in [2.05, 4.69) is 16.0 Å². The number of hydrogen-bond donors (Lipinski definition) is 1. The number of hydrogen-bond acceptors (Lipinski definition) is 3. The lowest BCUT2D eigenvalue weighted by molar-refractivity contribution is 0.470. The molecule has 1 aliphatic rings. The van der Waals surface area contributed by atoms with Gasteiger partial charge in [-0.1, -0.05) is 23.7 Å². The monoisotopic (exact) mass is 328 g/mol. The van der Waals surface area contributed by atoms with Crippen LogP contribution < -0.4 is 4.90 Å². The highest BCUT2D eigenvalue weighted by atomic mass is 35.5. The number of aryl methyl sites for hydroxylation is 1. The first-order valence-corrected chi connectivity index (χ1v) is 8.40. The normalized spacial score (nSPS) is 15.3. The van der Waals surface area contributed by atoms with Gasteiger partial charge in [0.1, 0.15) is 5.75 Å². The molecule has 3 rings (SSSR count). The number of halogens is 1. The molecule has 0 bridgehead atoms. The van der Waals surface area contributed by atoms with Crippen molar-refractivity contribution in [3.8, 4) is 5.75 Å². The van der Waals surface area contributed by atoms with Gasteiger partial charge in [-0.15, -0.1) is 0 Å². The molecule has 1 aliphatic heterocycles. The molecule has 0 amide bonds. The van der Waals surface area contributed by atoms with Gasteiger partial charge in [-0.3, -0.25) is 4.99 Å². The average Bonchev–Trinajstić information content (AvgIpc) is 2.58. The molecule has 2 aromatic carbocycles. The molecule has 1 fully saturated rings. The molecule has 4 heteroatoms. The Bertz CT molecular complexity index is 721. The summed E-state index contributed by atoms with van der Waals surface area (Å²) >= 11 is 6.08. The molecule has 0 unspecified atom stereocenters. The van der Waals surface area contributed by atoms with Gasteiger partial charge in [-0.25, -0.2) is 0 Å². The Kier molecular flexibility index (Phi) is 4.87. The van der Waals surface area contributed by atoms with Gasteiger partial charge in [0.2, 0.25) is 0 Å². The third-order valence-corrected chi connectivity index (χ3v) is 4.43. The first-order chi connectivity index (χ1) is 11.1. The number of nitrogens with zero attached hydrogens (tertiary/aromatic N) is 2.